The summed E-state index contributed by atoms with van der Waals surface area (Å²) < 4.78 is 83.8. The third-order valence-corrected chi connectivity index (χ3v) is 8.54. The van der Waals surface area contributed by atoms with Crippen molar-refractivity contribution >= 4 is 0 Å². The Balaban J connectivity index is 1.40. The predicted molar refractivity (Wildman–Crippen MR) is 187 cm³/mol. The van der Waals surface area contributed by atoms with Crippen LogP contribution in [0.4, 0.5) is 26.3 Å². The minimum atomic E-state index is -4.57. The quantitative estimate of drug-likeness (QED) is 0.163. The van der Waals surface area contributed by atoms with E-state index in [9.17, 15) is 26.3 Å². The number of aromatic nitrogens is 3. The van der Waals surface area contributed by atoms with Gasteiger partial charge in [0.2, 0.25) is 0 Å². The van der Waals surface area contributed by atoms with E-state index in [-0.39, 0.29) is 28.6 Å². The van der Waals surface area contributed by atoms with Crippen LogP contribution in [0.5, 0.6) is 0 Å². The highest BCUT2D eigenvalue weighted by molar-refractivity contribution is 5.78. The first-order valence-corrected chi connectivity index (χ1v) is 15.9. The zero-order chi connectivity index (χ0) is 35.8. The summed E-state index contributed by atoms with van der Waals surface area (Å²) in [5.74, 6) is 0.653. The lowest BCUT2D eigenvalue weighted by molar-refractivity contribution is -0.137. The lowest BCUT2D eigenvalue weighted by Crippen LogP contribution is -2.07. The molecule has 0 saturated heterocycles. The molecule has 7 aromatic rings. The zero-order valence-electron chi connectivity index (χ0n) is 27.0. The second kappa shape index (κ2) is 13.3. The molecule has 0 radical (unpaired) electrons. The molecular formula is C42H27F6N3. The summed E-state index contributed by atoms with van der Waals surface area (Å²) in [5.41, 5.74) is 3.61. The molecule has 0 aliphatic rings. The first-order valence-electron chi connectivity index (χ1n) is 15.9. The number of hydrogen-bond donors (Lipinski definition) is 0. The Bertz CT molecular complexity index is 2260. The van der Waals surface area contributed by atoms with Crippen LogP contribution in [0.25, 0.3) is 67.5 Å². The van der Waals surface area contributed by atoms with Crippen molar-refractivity contribution in [3.63, 3.8) is 0 Å². The van der Waals surface area contributed by atoms with Gasteiger partial charge in [0.05, 0.1) is 11.1 Å². The number of rotatable bonds is 6. The SMILES string of the molecule is Cc1ccccc1-c1cccc(-c2nc(-c3cccc(-c4ccccc4C(F)(F)F)c3)nc(-c3cccc(-c4ccccc4C(F)(F)F)c3)n2)c1. The fourth-order valence-electron chi connectivity index (χ4n) is 6.10. The van der Waals surface area contributed by atoms with Gasteiger partial charge in [-0.2, -0.15) is 26.3 Å². The maximum Gasteiger partial charge on any atom is 0.417 e. The fraction of sp³-hybridized carbons (Fsp3) is 0.0714. The molecule has 0 aliphatic carbocycles. The molecule has 1 aromatic heterocycles. The summed E-state index contributed by atoms with van der Waals surface area (Å²) in [6, 6.07) is 39.2. The molecule has 0 unspecified atom stereocenters. The van der Waals surface area contributed by atoms with E-state index in [0.29, 0.717) is 27.8 Å². The highest BCUT2D eigenvalue weighted by Gasteiger charge is 2.34. The van der Waals surface area contributed by atoms with Crippen molar-refractivity contribution in [3.8, 4) is 67.5 Å². The molecule has 0 N–H and O–H groups in total. The number of benzene rings is 6. The van der Waals surface area contributed by atoms with Crippen molar-refractivity contribution in [2.75, 3.05) is 0 Å². The standard InChI is InChI=1S/C42H27F6N3/c1-26-11-2-3-18-33(26)27-12-8-15-30(23-27)38-49-39(31-16-9-13-28(24-31)34-19-4-6-21-36(34)41(43,44)45)51-40(50-38)32-17-10-14-29(25-32)35-20-5-7-22-37(35)42(46,47)48/h2-25H,1H3. The van der Waals surface area contributed by atoms with E-state index in [2.05, 4.69) is 0 Å². The summed E-state index contributed by atoms with van der Waals surface area (Å²) in [4.78, 5) is 14.3. The number of halogens is 6. The second-order valence-electron chi connectivity index (χ2n) is 12.0. The molecule has 0 amide bonds. The maximum atomic E-state index is 14.0. The second-order valence-corrected chi connectivity index (χ2v) is 12.0. The van der Waals surface area contributed by atoms with Crippen LogP contribution in [0.2, 0.25) is 0 Å². The molecule has 6 aromatic carbocycles. The van der Waals surface area contributed by atoms with E-state index in [4.69, 9.17) is 15.0 Å². The molecule has 0 bridgehead atoms. The summed E-state index contributed by atoms with van der Waals surface area (Å²) in [6.45, 7) is 2.01. The number of hydrogen-bond acceptors (Lipinski definition) is 3. The van der Waals surface area contributed by atoms with Crippen LogP contribution >= 0.6 is 0 Å². The van der Waals surface area contributed by atoms with E-state index in [1.54, 1.807) is 60.7 Å². The van der Waals surface area contributed by atoms with E-state index < -0.39 is 23.5 Å². The van der Waals surface area contributed by atoms with Crippen molar-refractivity contribution in [3.05, 3.63) is 162 Å². The van der Waals surface area contributed by atoms with Gasteiger partial charge in [0.15, 0.2) is 17.5 Å². The topological polar surface area (TPSA) is 38.7 Å². The van der Waals surface area contributed by atoms with E-state index in [1.165, 1.54) is 24.3 Å². The van der Waals surface area contributed by atoms with Gasteiger partial charge in [-0.15, -0.1) is 0 Å². The minimum Gasteiger partial charge on any atom is -0.208 e. The van der Waals surface area contributed by atoms with Gasteiger partial charge in [0.25, 0.3) is 0 Å². The van der Waals surface area contributed by atoms with E-state index >= 15 is 0 Å². The van der Waals surface area contributed by atoms with Crippen LogP contribution in [-0.2, 0) is 12.4 Å². The Hall–Kier alpha value is -6.09. The molecule has 0 atom stereocenters. The van der Waals surface area contributed by atoms with Crippen molar-refractivity contribution in [1.29, 1.82) is 0 Å². The Labute approximate surface area is 290 Å². The summed E-state index contributed by atoms with van der Waals surface area (Å²) in [5, 5.41) is 0. The van der Waals surface area contributed by atoms with Crippen LogP contribution in [0.1, 0.15) is 16.7 Å². The van der Waals surface area contributed by atoms with Crippen molar-refractivity contribution < 1.29 is 26.3 Å². The zero-order valence-corrected chi connectivity index (χ0v) is 27.0. The molecule has 252 valence electrons. The van der Waals surface area contributed by atoms with Crippen LogP contribution in [-0.4, -0.2) is 15.0 Å². The van der Waals surface area contributed by atoms with Gasteiger partial charge in [-0.3, -0.25) is 0 Å². The van der Waals surface area contributed by atoms with E-state index in [0.717, 1.165) is 28.8 Å². The molecule has 1 heterocycles. The Morgan fingerprint density at radius 2 is 0.667 bits per heavy atom. The normalized spacial score (nSPS) is 11.8. The van der Waals surface area contributed by atoms with Gasteiger partial charge in [0.1, 0.15) is 0 Å². The van der Waals surface area contributed by atoms with Crippen molar-refractivity contribution in [2.45, 2.75) is 19.3 Å². The summed E-state index contributed by atoms with van der Waals surface area (Å²) in [6.07, 6.45) is -9.14. The van der Waals surface area contributed by atoms with Crippen LogP contribution in [0.3, 0.4) is 0 Å². The molecule has 0 aliphatic heterocycles. The largest absolute Gasteiger partial charge is 0.417 e. The van der Waals surface area contributed by atoms with Crippen molar-refractivity contribution in [2.24, 2.45) is 0 Å². The van der Waals surface area contributed by atoms with Crippen LogP contribution < -0.4 is 0 Å². The Morgan fingerprint density at radius 1 is 0.353 bits per heavy atom. The molecule has 9 heteroatoms. The van der Waals surface area contributed by atoms with Crippen molar-refractivity contribution in [1.82, 2.24) is 15.0 Å². The molecule has 0 spiro atoms. The fourth-order valence-corrected chi connectivity index (χ4v) is 6.10. The van der Waals surface area contributed by atoms with Gasteiger partial charge < -0.3 is 0 Å². The third kappa shape index (κ3) is 7.01. The Morgan fingerprint density at radius 3 is 1.04 bits per heavy atom. The highest BCUT2D eigenvalue weighted by atomic mass is 19.4. The number of aryl methyl sites for hydroxylation is 1. The van der Waals surface area contributed by atoms with Crippen LogP contribution in [0.15, 0.2) is 146 Å². The maximum absolute atomic E-state index is 14.0. The highest BCUT2D eigenvalue weighted by Crippen LogP contribution is 2.40. The van der Waals surface area contributed by atoms with Gasteiger partial charge in [-0.05, 0) is 76.2 Å². The molecule has 7 rings (SSSR count). The number of nitrogens with zero attached hydrogens (tertiary/aromatic N) is 3. The number of alkyl halides is 6. The van der Waals surface area contributed by atoms with Gasteiger partial charge in [-0.1, -0.05) is 115 Å². The minimum absolute atomic E-state index is 0.00307. The molecule has 0 fully saturated rings. The van der Waals surface area contributed by atoms with E-state index in [1.807, 2.05) is 55.5 Å². The summed E-state index contributed by atoms with van der Waals surface area (Å²) in [7, 11) is 0. The lowest BCUT2D eigenvalue weighted by atomic mass is 9.97. The average molecular weight is 688 g/mol. The van der Waals surface area contributed by atoms with Gasteiger partial charge in [-0.25, -0.2) is 15.0 Å². The third-order valence-electron chi connectivity index (χ3n) is 8.54. The molecular weight excluding hydrogens is 660 g/mol. The van der Waals surface area contributed by atoms with Gasteiger partial charge >= 0.3 is 12.4 Å². The van der Waals surface area contributed by atoms with Gasteiger partial charge in [0, 0.05) is 16.7 Å². The predicted octanol–water partition coefficient (Wildman–Crippen LogP) is 12.2. The smallest absolute Gasteiger partial charge is 0.208 e. The average Bonchev–Trinajstić information content (AvgIpc) is 3.14. The first kappa shape index (κ1) is 33.4. The molecule has 51 heavy (non-hydrogen) atoms. The first-order chi connectivity index (χ1) is 24.5. The van der Waals surface area contributed by atoms with Crippen LogP contribution in [0, 0.1) is 6.92 Å². The molecule has 3 nitrogen and oxygen atoms in total. The molecule has 0 saturated carbocycles. The summed E-state index contributed by atoms with van der Waals surface area (Å²) >= 11 is 0. The monoisotopic (exact) mass is 687 g/mol. The lowest BCUT2D eigenvalue weighted by Gasteiger charge is -2.15. The Kier molecular flexibility index (Phi) is 8.73.